The van der Waals surface area contributed by atoms with Crippen molar-refractivity contribution in [3.05, 3.63) is 0 Å². The number of hydrogen-bond donors (Lipinski definition) is 5. The number of aliphatic carboxylic acids is 2. The molecule has 1 saturated heterocycles. The fourth-order valence-corrected chi connectivity index (χ4v) is 3.10. The summed E-state index contributed by atoms with van der Waals surface area (Å²) < 4.78 is 0. The average Bonchev–Trinajstić information content (AvgIpc) is 2.56. The van der Waals surface area contributed by atoms with E-state index in [4.69, 9.17) is 10.2 Å². The van der Waals surface area contributed by atoms with Gasteiger partial charge in [-0.15, -0.1) is 0 Å². The lowest BCUT2D eigenvalue weighted by Gasteiger charge is -2.24. The first-order valence-electron chi connectivity index (χ1n) is 8.51. The predicted molar refractivity (Wildman–Crippen MR) is 93.4 cm³/mol. The minimum atomic E-state index is -1.30. The third-order valence-corrected chi connectivity index (χ3v) is 4.72. The molecule has 0 unspecified atom stereocenters. The topological polar surface area (TPSA) is 133 Å². The Balaban J connectivity index is 2.74. The van der Waals surface area contributed by atoms with Crippen LogP contribution in [0.25, 0.3) is 0 Å². The Labute approximate surface area is 152 Å². The lowest BCUT2D eigenvalue weighted by atomic mass is 9.97. The van der Waals surface area contributed by atoms with Gasteiger partial charge in [0.05, 0.1) is 0 Å². The summed E-state index contributed by atoms with van der Waals surface area (Å²) in [5.74, 6) is -3.17. The molecule has 0 aromatic rings. The fraction of sp³-hybridized carbons (Fsp3) is 0.750. The molecule has 0 bridgehead atoms. The van der Waals surface area contributed by atoms with Crippen molar-refractivity contribution in [1.82, 2.24) is 10.6 Å². The van der Waals surface area contributed by atoms with Crippen molar-refractivity contribution < 1.29 is 29.4 Å². The maximum Gasteiger partial charge on any atom is 0.326 e. The third kappa shape index (κ3) is 7.76. The molecule has 3 atom stereocenters. The Morgan fingerprint density at radius 2 is 1.80 bits per heavy atom. The maximum atomic E-state index is 12.4. The van der Waals surface area contributed by atoms with Crippen molar-refractivity contribution >= 4 is 36.4 Å². The van der Waals surface area contributed by atoms with Crippen LogP contribution in [-0.4, -0.2) is 51.8 Å². The van der Waals surface area contributed by atoms with E-state index in [0.717, 1.165) is 25.7 Å². The number of carboxylic acid groups (broad SMARTS) is 2. The van der Waals surface area contributed by atoms with Crippen molar-refractivity contribution in [2.45, 2.75) is 63.5 Å². The fourth-order valence-electron chi connectivity index (χ4n) is 2.75. The van der Waals surface area contributed by atoms with Crippen LogP contribution < -0.4 is 10.6 Å². The van der Waals surface area contributed by atoms with E-state index in [9.17, 15) is 19.2 Å². The highest BCUT2D eigenvalue weighted by Crippen LogP contribution is 2.17. The van der Waals surface area contributed by atoms with Gasteiger partial charge in [-0.1, -0.05) is 25.7 Å². The third-order valence-electron chi connectivity index (χ3n) is 4.28. The maximum absolute atomic E-state index is 12.4. The Hall–Kier alpha value is -1.77. The Bertz CT molecular complexity index is 499. The predicted octanol–water partition coefficient (Wildman–Crippen LogP) is 0.806. The summed E-state index contributed by atoms with van der Waals surface area (Å²) in [5, 5.41) is 22.8. The van der Waals surface area contributed by atoms with Gasteiger partial charge in [0.25, 0.3) is 0 Å². The average molecular weight is 374 g/mol. The van der Waals surface area contributed by atoms with Gasteiger partial charge in [-0.05, 0) is 19.3 Å². The normalized spacial score (nSPS) is 23.2. The molecule has 2 amide bonds. The van der Waals surface area contributed by atoms with Crippen LogP contribution in [0.5, 0.6) is 0 Å². The minimum absolute atomic E-state index is 0.212. The SMILES string of the molecule is O=C(O)CC[C@H](NC(=O)[C@H]1CCCCCC[C@H](CS)C(=O)N1)C(=O)O. The Morgan fingerprint density at radius 3 is 2.36 bits per heavy atom. The molecule has 1 heterocycles. The molecule has 142 valence electrons. The molecule has 0 radical (unpaired) electrons. The summed E-state index contributed by atoms with van der Waals surface area (Å²) in [4.78, 5) is 46.5. The lowest BCUT2D eigenvalue weighted by molar-refractivity contribution is -0.143. The molecule has 8 nitrogen and oxygen atoms in total. The summed E-state index contributed by atoms with van der Waals surface area (Å²) >= 11 is 4.18. The van der Waals surface area contributed by atoms with Crippen molar-refractivity contribution in [3.63, 3.8) is 0 Å². The van der Waals surface area contributed by atoms with E-state index in [-0.39, 0.29) is 24.7 Å². The number of carbonyl (C=O) groups excluding carboxylic acids is 2. The van der Waals surface area contributed by atoms with Gasteiger partial charge in [-0.25, -0.2) is 4.79 Å². The Kier molecular flexibility index (Phi) is 9.33. The number of carboxylic acids is 2. The summed E-state index contributed by atoms with van der Waals surface area (Å²) in [6, 6.07) is -2.11. The van der Waals surface area contributed by atoms with E-state index in [0.29, 0.717) is 18.6 Å². The molecule has 0 aliphatic carbocycles. The number of hydrogen-bond acceptors (Lipinski definition) is 5. The largest absolute Gasteiger partial charge is 0.481 e. The van der Waals surface area contributed by atoms with Gasteiger partial charge in [0.15, 0.2) is 0 Å². The van der Waals surface area contributed by atoms with Gasteiger partial charge in [0, 0.05) is 18.1 Å². The molecule has 9 heteroatoms. The molecule has 0 aromatic heterocycles. The smallest absolute Gasteiger partial charge is 0.326 e. The Morgan fingerprint density at radius 1 is 1.16 bits per heavy atom. The van der Waals surface area contributed by atoms with Crippen LogP contribution in [0.3, 0.4) is 0 Å². The summed E-state index contributed by atoms with van der Waals surface area (Å²) in [7, 11) is 0. The summed E-state index contributed by atoms with van der Waals surface area (Å²) in [5.41, 5.74) is 0. The van der Waals surface area contributed by atoms with Gasteiger partial charge >= 0.3 is 11.9 Å². The molecule has 1 fully saturated rings. The zero-order valence-electron chi connectivity index (χ0n) is 14.1. The van der Waals surface area contributed by atoms with Crippen molar-refractivity contribution in [2.75, 3.05) is 5.75 Å². The summed E-state index contributed by atoms with van der Waals surface area (Å²) in [6.45, 7) is 0. The van der Waals surface area contributed by atoms with Crippen molar-refractivity contribution in [3.8, 4) is 0 Å². The van der Waals surface area contributed by atoms with E-state index < -0.39 is 29.9 Å². The van der Waals surface area contributed by atoms with Gasteiger partial charge in [-0.3, -0.25) is 14.4 Å². The highest BCUT2D eigenvalue weighted by Gasteiger charge is 2.29. The van der Waals surface area contributed by atoms with Crippen LogP contribution in [0.15, 0.2) is 0 Å². The number of carbonyl (C=O) groups is 4. The minimum Gasteiger partial charge on any atom is -0.481 e. The van der Waals surface area contributed by atoms with Gasteiger partial charge in [-0.2, -0.15) is 12.6 Å². The first kappa shape index (κ1) is 21.3. The van der Waals surface area contributed by atoms with Crippen LogP contribution in [0.4, 0.5) is 0 Å². The second-order valence-electron chi connectivity index (χ2n) is 6.26. The molecule has 1 aliphatic rings. The zero-order chi connectivity index (χ0) is 18.8. The first-order chi connectivity index (χ1) is 11.8. The second-order valence-corrected chi connectivity index (χ2v) is 6.63. The van der Waals surface area contributed by atoms with E-state index in [1.54, 1.807) is 0 Å². The van der Waals surface area contributed by atoms with E-state index in [2.05, 4.69) is 23.3 Å². The quantitative estimate of drug-likeness (QED) is 0.419. The highest BCUT2D eigenvalue weighted by molar-refractivity contribution is 7.80. The number of nitrogens with one attached hydrogen (secondary N) is 2. The van der Waals surface area contributed by atoms with Crippen molar-refractivity contribution in [2.24, 2.45) is 5.92 Å². The van der Waals surface area contributed by atoms with Crippen LogP contribution in [0.1, 0.15) is 51.4 Å². The van der Waals surface area contributed by atoms with Crippen LogP contribution in [-0.2, 0) is 19.2 Å². The van der Waals surface area contributed by atoms with E-state index in [1.165, 1.54) is 0 Å². The van der Waals surface area contributed by atoms with E-state index >= 15 is 0 Å². The summed E-state index contributed by atoms with van der Waals surface area (Å²) in [6.07, 6.45) is 4.14. The highest BCUT2D eigenvalue weighted by atomic mass is 32.1. The molecule has 1 rings (SSSR count). The zero-order valence-corrected chi connectivity index (χ0v) is 15.0. The van der Waals surface area contributed by atoms with Gasteiger partial charge < -0.3 is 20.8 Å². The van der Waals surface area contributed by atoms with Gasteiger partial charge in [0.1, 0.15) is 12.1 Å². The number of rotatable bonds is 7. The van der Waals surface area contributed by atoms with Crippen molar-refractivity contribution in [1.29, 1.82) is 0 Å². The number of amides is 2. The van der Waals surface area contributed by atoms with Crippen LogP contribution in [0.2, 0.25) is 0 Å². The first-order valence-corrected chi connectivity index (χ1v) is 9.14. The molecular formula is C16H26N2O6S. The van der Waals surface area contributed by atoms with Crippen LogP contribution >= 0.6 is 12.6 Å². The molecule has 0 aromatic carbocycles. The molecular weight excluding hydrogens is 348 g/mol. The second kappa shape index (κ2) is 11.0. The molecule has 1 aliphatic heterocycles. The standard InChI is InChI=1S/C16H26N2O6S/c19-13(20)8-7-12(16(23)24)18-15(22)11-6-4-2-1-3-5-10(9-25)14(21)17-11/h10-12,25H,1-9H2,(H,17,21)(H,18,22)(H,19,20)(H,23,24)/t10-,11-,12+/m1/s1. The monoisotopic (exact) mass is 374 g/mol. The van der Waals surface area contributed by atoms with Crippen LogP contribution in [0, 0.1) is 5.92 Å². The molecule has 0 spiro atoms. The lowest BCUT2D eigenvalue weighted by Crippen LogP contribution is -2.52. The molecule has 0 saturated carbocycles. The molecule has 4 N–H and O–H groups in total. The van der Waals surface area contributed by atoms with Gasteiger partial charge in [0.2, 0.25) is 11.8 Å². The van der Waals surface area contributed by atoms with E-state index in [1.807, 2.05) is 0 Å². The number of thiol groups is 1. The molecule has 25 heavy (non-hydrogen) atoms.